The average molecular weight is 218 g/mol. The SMILES string of the molecule is CC1CCCN(c2cnccc2C(=N)N)C1. The molecule has 1 aromatic rings. The van der Waals surface area contributed by atoms with Gasteiger partial charge in [0.15, 0.2) is 0 Å². The summed E-state index contributed by atoms with van der Waals surface area (Å²) in [6, 6.07) is 1.82. The van der Waals surface area contributed by atoms with Crippen LogP contribution in [0.5, 0.6) is 0 Å². The van der Waals surface area contributed by atoms with Crippen molar-refractivity contribution >= 4 is 11.5 Å². The largest absolute Gasteiger partial charge is 0.384 e. The summed E-state index contributed by atoms with van der Waals surface area (Å²) in [7, 11) is 0. The maximum atomic E-state index is 7.57. The van der Waals surface area contributed by atoms with Gasteiger partial charge in [-0.05, 0) is 24.8 Å². The Labute approximate surface area is 96.0 Å². The van der Waals surface area contributed by atoms with Gasteiger partial charge in [-0.25, -0.2) is 0 Å². The van der Waals surface area contributed by atoms with E-state index in [-0.39, 0.29) is 5.84 Å². The molecule has 3 N–H and O–H groups in total. The van der Waals surface area contributed by atoms with Crippen molar-refractivity contribution in [2.75, 3.05) is 18.0 Å². The number of pyridine rings is 1. The van der Waals surface area contributed by atoms with Crippen LogP contribution in [-0.4, -0.2) is 23.9 Å². The summed E-state index contributed by atoms with van der Waals surface area (Å²) in [5.74, 6) is 0.824. The van der Waals surface area contributed by atoms with Crippen molar-refractivity contribution in [3.63, 3.8) is 0 Å². The van der Waals surface area contributed by atoms with Crippen LogP contribution in [0.25, 0.3) is 0 Å². The molecule has 4 nitrogen and oxygen atoms in total. The lowest BCUT2D eigenvalue weighted by molar-refractivity contribution is 0.446. The second kappa shape index (κ2) is 4.51. The molecule has 4 heteroatoms. The zero-order chi connectivity index (χ0) is 11.5. The van der Waals surface area contributed by atoms with E-state index in [1.54, 1.807) is 6.20 Å². The average Bonchev–Trinajstić information content (AvgIpc) is 2.29. The molecule has 1 fully saturated rings. The Balaban J connectivity index is 2.28. The molecule has 1 aliphatic rings. The van der Waals surface area contributed by atoms with E-state index in [1.807, 2.05) is 12.3 Å². The van der Waals surface area contributed by atoms with Crippen LogP contribution in [0.2, 0.25) is 0 Å². The smallest absolute Gasteiger partial charge is 0.125 e. The van der Waals surface area contributed by atoms with Gasteiger partial charge in [0.2, 0.25) is 0 Å². The van der Waals surface area contributed by atoms with Gasteiger partial charge in [0, 0.05) is 24.8 Å². The predicted octanol–water partition coefficient (Wildman–Crippen LogP) is 1.60. The second-order valence-corrected chi connectivity index (χ2v) is 4.50. The molecule has 2 heterocycles. The fourth-order valence-corrected chi connectivity index (χ4v) is 2.27. The van der Waals surface area contributed by atoms with Gasteiger partial charge in [-0.15, -0.1) is 0 Å². The second-order valence-electron chi connectivity index (χ2n) is 4.50. The summed E-state index contributed by atoms with van der Waals surface area (Å²) in [6.45, 7) is 4.33. The molecule has 0 aliphatic carbocycles. The van der Waals surface area contributed by atoms with Gasteiger partial charge in [-0.1, -0.05) is 6.92 Å². The van der Waals surface area contributed by atoms with Gasteiger partial charge in [0.05, 0.1) is 11.9 Å². The normalized spacial score (nSPS) is 20.8. The maximum absolute atomic E-state index is 7.57. The number of hydrogen-bond donors (Lipinski definition) is 2. The number of anilines is 1. The molecule has 1 unspecified atom stereocenters. The van der Waals surface area contributed by atoms with Crippen LogP contribution in [0.15, 0.2) is 18.5 Å². The van der Waals surface area contributed by atoms with Crippen molar-refractivity contribution in [1.82, 2.24) is 4.98 Å². The zero-order valence-corrected chi connectivity index (χ0v) is 9.61. The van der Waals surface area contributed by atoms with E-state index in [1.165, 1.54) is 12.8 Å². The Hall–Kier alpha value is -1.58. The highest BCUT2D eigenvalue weighted by molar-refractivity contribution is 6.00. The fraction of sp³-hybridized carbons (Fsp3) is 0.500. The monoisotopic (exact) mass is 218 g/mol. The molecule has 0 amide bonds. The van der Waals surface area contributed by atoms with Crippen LogP contribution in [0.3, 0.4) is 0 Å². The van der Waals surface area contributed by atoms with Crippen LogP contribution in [0, 0.1) is 11.3 Å². The van der Waals surface area contributed by atoms with Crippen molar-refractivity contribution in [3.8, 4) is 0 Å². The molecule has 16 heavy (non-hydrogen) atoms. The van der Waals surface area contributed by atoms with Crippen molar-refractivity contribution < 1.29 is 0 Å². The fourth-order valence-electron chi connectivity index (χ4n) is 2.27. The van der Waals surface area contributed by atoms with Gasteiger partial charge < -0.3 is 10.6 Å². The van der Waals surface area contributed by atoms with Gasteiger partial charge in [-0.3, -0.25) is 10.4 Å². The van der Waals surface area contributed by atoms with Crippen molar-refractivity contribution in [2.45, 2.75) is 19.8 Å². The molecule has 1 aliphatic heterocycles. The molecule has 86 valence electrons. The van der Waals surface area contributed by atoms with Crippen molar-refractivity contribution in [3.05, 3.63) is 24.0 Å². The van der Waals surface area contributed by atoms with E-state index in [0.717, 1.165) is 24.3 Å². The van der Waals surface area contributed by atoms with E-state index < -0.39 is 0 Å². The van der Waals surface area contributed by atoms with Crippen LogP contribution in [-0.2, 0) is 0 Å². The third kappa shape index (κ3) is 2.15. The Bertz CT molecular complexity index is 388. The Morgan fingerprint density at radius 2 is 2.44 bits per heavy atom. The Morgan fingerprint density at radius 1 is 1.62 bits per heavy atom. The number of nitrogen functional groups attached to an aromatic ring is 1. The number of amidine groups is 1. The topological polar surface area (TPSA) is 66.0 Å². The number of nitrogens with two attached hydrogens (primary N) is 1. The summed E-state index contributed by atoms with van der Waals surface area (Å²) in [4.78, 5) is 6.42. The molecule has 0 saturated carbocycles. The lowest BCUT2D eigenvalue weighted by atomic mass is 9.99. The standard InChI is InChI=1S/C12H18N4/c1-9-3-2-6-16(8-9)11-7-15-5-4-10(11)12(13)14/h4-5,7,9H,2-3,6,8H2,1H3,(H3,13,14). The highest BCUT2D eigenvalue weighted by Gasteiger charge is 2.19. The highest BCUT2D eigenvalue weighted by atomic mass is 15.1. The predicted molar refractivity (Wildman–Crippen MR) is 65.9 cm³/mol. The third-order valence-corrected chi connectivity index (χ3v) is 3.09. The molecular formula is C12H18N4. The van der Waals surface area contributed by atoms with E-state index in [0.29, 0.717) is 5.92 Å². The first-order valence-corrected chi connectivity index (χ1v) is 5.72. The number of hydrogen-bond acceptors (Lipinski definition) is 3. The molecule has 1 atom stereocenters. The first-order chi connectivity index (χ1) is 7.68. The summed E-state index contributed by atoms with van der Waals surface area (Å²) < 4.78 is 0. The van der Waals surface area contributed by atoms with Gasteiger partial charge in [0.25, 0.3) is 0 Å². The van der Waals surface area contributed by atoms with Gasteiger partial charge >= 0.3 is 0 Å². The molecule has 1 aromatic heterocycles. The molecular weight excluding hydrogens is 200 g/mol. The quantitative estimate of drug-likeness (QED) is 0.585. The molecule has 0 aromatic carbocycles. The lowest BCUT2D eigenvalue weighted by Gasteiger charge is -2.33. The number of nitrogens with one attached hydrogen (secondary N) is 1. The minimum atomic E-state index is 0.121. The summed E-state index contributed by atoms with van der Waals surface area (Å²) in [5, 5.41) is 7.57. The third-order valence-electron chi connectivity index (χ3n) is 3.09. The number of rotatable bonds is 2. The molecule has 0 radical (unpaired) electrons. The number of aromatic nitrogens is 1. The minimum Gasteiger partial charge on any atom is -0.384 e. The van der Waals surface area contributed by atoms with Gasteiger partial charge in [-0.2, -0.15) is 0 Å². The molecule has 1 saturated heterocycles. The Kier molecular flexibility index (Phi) is 3.08. The number of piperidine rings is 1. The minimum absolute atomic E-state index is 0.121. The van der Waals surface area contributed by atoms with Gasteiger partial charge in [0.1, 0.15) is 5.84 Å². The van der Waals surface area contributed by atoms with E-state index in [9.17, 15) is 0 Å². The molecule has 0 bridgehead atoms. The van der Waals surface area contributed by atoms with Crippen LogP contribution in [0.1, 0.15) is 25.3 Å². The first kappa shape index (κ1) is 10.9. The summed E-state index contributed by atoms with van der Waals surface area (Å²) in [6.07, 6.45) is 5.99. The van der Waals surface area contributed by atoms with Crippen LogP contribution in [0.4, 0.5) is 5.69 Å². The maximum Gasteiger partial charge on any atom is 0.125 e. The van der Waals surface area contributed by atoms with Crippen molar-refractivity contribution in [1.29, 1.82) is 5.41 Å². The highest BCUT2D eigenvalue weighted by Crippen LogP contribution is 2.25. The number of nitrogens with zero attached hydrogens (tertiary/aromatic N) is 2. The molecule has 0 spiro atoms. The first-order valence-electron chi connectivity index (χ1n) is 5.72. The van der Waals surface area contributed by atoms with E-state index in [4.69, 9.17) is 11.1 Å². The lowest BCUT2D eigenvalue weighted by Crippen LogP contribution is -2.35. The Morgan fingerprint density at radius 3 is 3.12 bits per heavy atom. The van der Waals surface area contributed by atoms with E-state index >= 15 is 0 Å². The van der Waals surface area contributed by atoms with E-state index in [2.05, 4.69) is 16.8 Å². The molecule has 2 rings (SSSR count). The van der Waals surface area contributed by atoms with Crippen LogP contribution < -0.4 is 10.6 Å². The summed E-state index contributed by atoms with van der Waals surface area (Å²) >= 11 is 0. The summed E-state index contributed by atoms with van der Waals surface area (Å²) in [5.41, 5.74) is 7.38. The van der Waals surface area contributed by atoms with Crippen molar-refractivity contribution in [2.24, 2.45) is 11.7 Å². The zero-order valence-electron chi connectivity index (χ0n) is 9.61. The van der Waals surface area contributed by atoms with Crippen LogP contribution >= 0.6 is 0 Å².